The van der Waals surface area contributed by atoms with E-state index in [0.29, 0.717) is 12.3 Å². The molecule has 1 aliphatic rings. The number of carbonyl (C=O) groups excluding carboxylic acids is 1. The molecule has 0 spiro atoms. The lowest BCUT2D eigenvalue weighted by Crippen LogP contribution is -2.39. The van der Waals surface area contributed by atoms with Crippen molar-refractivity contribution in [1.82, 2.24) is 4.72 Å². The number of hydrogen-bond acceptors (Lipinski definition) is 4. The average Bonchev–Trinajstić information content (AvgIpc) is 3.02. The van der Waals surface area contributed by atoms with Gasteiger partial charge in [0.05, 0.1) is 4.90 Å². The van der Waals surface area contributed by atoms with E-state index >= 15 is 0 Å². The summed E-state index contributed by atoms with van der Waals surface area (Å²) < 4.78 is 32.6. The van der Waals surface area contributed by atoms with Gasteiger partial charge >= 0.3 is 0 Å². The maximum absolute atomic E-state index is 12.7. The molecule has 2 aromatic carbocycles. The first-order valence-corrected chi connectivity index (χ1v) is 11.0. The van der Waals surface area contributed by atoms with Gasteiger partial charge in [0.1, 0.15) is 5.75 Å². The predicted molar refractivity (Wildman–Crippen MR) is 109 cm³/mol. The second-order valence-corrected chi connectivity index (χ2v) is 8.72. The molecule has 0 bridgehead atoms. The van der Waals surface area contributed by atoms with Crippen LogP contribution in [0.2, 0.25) is 0 Å². The van der Waals surface area contributed by atoms with Gasteiger partial charge in [-0.2, -0.15) is 0 Å². The quantitative estimate of drug-likeness (QED) is 0.689. The summed E-state index contributed by atoms with van der Waals surface area (Å²) in [7, 11) is -3.52. The summed E-state index contributed by atoms with van der Waals surface area (Å²) in [6.07, 6.45) is 2.55. The maximum atomic E-state index is 12.7. The second kappa shape index (κ2) is 8.75. The Morgan fingerprint density at radius 1 is 1.18 bits per heavy atom. The number of nitrogens with one attached hydrogen (secondary N) is 1. The van der Waals surface area contributed by atoms with Gasteiger partial charge in [-0.05, 0) is 55.7 Å². The molecule has 7 heteroatoms. The number of anilines is 1. The fraction of sp³-hybridized carbons (Fsp3) is 0.381. The summed E-state index contributed by atoms with van der Waals surface area (Å²) in [6, 6.07) is 14.1. The number of unbranched alkanes of at least 4 members (excludes halogenated alkanes) is 1. The van der Waals surface area contributed by atoms with E-state index < -0.39 is 10.0 Å². The van der Waals surface area contributed by atoms with Crippen LogP contribution in [-0.4, -0.2) is 33.5 Å². The van der Waals surface area contributed by atoms with Crippen LogP contribution in [0.4, 0.5) is 5.69 Å². The molecule has 1 amide bonds. The fourth-order valence-electron chi connectivity index (χ4n) is 3.34. The Hall–Kier alpha value is -2.38. The van der Waals surface area contributed by atoms with Crippen molar-refractivity contribution in [3.63, 3.8) is 0 Å². The SMILES string of the molecule is CCCCNS(=O)(=O)c1ccc(OCC(=O)N2c3ccccc3CC2C)cc1. The largest absolute Gasteiger partial charge is 0.484 e. The molecule has 3 rings (SSSR count). The van der Waals surface area contributed by atoms with E-state index in [4.69, 9.17) is 4.74 Å². The van der Waals surface area contributed by atoms with E-state index in [1.54, 1.807) is 17.0 Å². The Morgan fingerprint density at radius 3 is 2.61 bits per heavy atom. The summed E-state index contributed by atoms with van der Waals surface area (Å²) in [4.78, 5) is 14.6. The highest BCUT2D eigenvalue weighted by Gasteiger charge is 2.30. The van der Waals surface area contributed by atoms with Crippen molar-refractivity contribution in [2.75, 3.05) is 18.1 Å². The molecule has 0 fully saturated rings. The molecule has 2 aromatic rings. The zero-order valence-corrected chi connectivity index (χ0v) is 17.0. The van der Waals surface area contributed by atoms with Gasteiger partial charge in [0.15, 0.2) is 6.61 Å². The van der Waals surface area contributed by atoms with Gasteiger partial charge < -0.3 is 9.64 Å². The average molecular weight is 403 g/mol. The first-order chi connectivity index (χ1) is 13.4. The smallest absolute Gasteiger partial charge is 0.265 e. The number of nitrogens with zero attached hydrogens (tertiary/aromatic N) is 1. The Labute approximate surface area is 166 Å². The molecule has 0 aliphatic carbocycles. The molecule has 0 radical (unpaired) electrons. The van der Waals surface area contributed by atoms with E-state index in [2.05, 4.69) is 4.72 Å². The van der Waals surface area contributed by atoms with Crippen LogP contribution in [-0.2, 0) is 21.2 Å². The highest BCUT2D eigenvalue weighted by Crippen LogP contribution is 2.31. The number of amides is 1. The molecule has 1 heterocycles. The Morgan fingerprint density at radius 2 is 1.89 bits per heavy atom. The first kappa shape index (κ1) is 20.4. The van der Waals surface area contributed by atoms with Crippen LogP contribution in [0.3, 0.4) is 0 Å². The third-order valence-corrected chi connectivity index (χ3v) is 6.27. The van der Waals surface area contributed by atoms with Gasteiger partial charge in [0, 0.05) is 18.3 Å². The maximum Gasteiger partial charge on any atom is 0.265 e. The van der Waals surface area contributed by atoms with Crippen LogP contribution in [0, 0.1) is 0 Å². The van der Waals surface area contributed by atoms with Gasteiger partial charge in [0.25, 0.3) is 5.91 Å². The highest BCUT2D eigenvalue weighted by atomic mass is 32.2. The van der Waals surface area contributed by atoms with Gasteiger partial charge in [0.2, 0.25) is 10.0 Å². The van der Waals surface area contributed by atoms with E-state index in [0.717, 1.165) is 30.5 Å². The van der Waals surface area contributed by atoms with E-state index in [1.165, 1.54) is 12.1 Å². The molecule has 28 heavy (non-hydrogen) atoms. The van der Waals surface area contributed by atoms with Crippen molar-refractivity contribution < 1.29 is 17.9 Å². The number of rotatable bonds is 8. The summed E-state index contributed by atoms with van der Waals surface area (Å²) in [5.74, 6) is 0.344. The molecule has 6 nitrogen and oxygen atoms in total. The summed E-state index contributed by atoms with van der Waals surface area (Å²) in [5.41, 5.74) is 2.09. The van der Waals surface area contributed by atoms with E-state index in [9.17, 15) is 13.2 Å². The van der Waals surface area contributed by atoms with E-state index in [-0.39, 0.29) is 23.5 Å². The minimum atomic E-state index is -3.52. The number of fused-ring (bicyclic) bond motifs is 1. The Balaban J connectivity index is 1.60. The number of sulfonamides is 1. The zero-order valence-electron chi connectivity index (χ0n) is 16.2. The second-order valence-electron chi connectivity index (χ2n) is 6.96. The van der Waals surface area contributed by atoms with Crippen molar-refractivity contribution in [3.8, 4) is 5.75 Å². The molecule has 0 aromatic heterocycles. The molecular weight excluding hydrogens is 376 g/mol. The van der Waals surface area contributed by atoms with Crippen molar-refractivity contribution in [1.29, 1.82) is 0 Å². The lowest BCUT2D eigenvalue weighted by Gasteiger charge is -2.22. The molecule has 150 valence electrons. The Kier molecular flexibility index (Phi) is 6.36. The van der Waals surface area contributed by atoms with Crippen LogP contribution in [0.5, 0.6) is 5.75 Å². The number of ether oxygens (including phenoxy) is 1. The third kappa shape index (κ3) is 4.54. The van der Waals surface area contributed by atoms with Gasteiger partial charge in [-0.25, -0.2) is 13.1 Å². The van der Waals surface area contributed by atoms with E-state index in [1.807, 2.05) is 38.1 Å². The van der Waals surface area contributed by atoms with Crippen molar-refractivity contribution in [2.24, 2.45) is 0 Å². The molecular formula is C21H26N2O4S. The molecule has 1 atom stereocenters. The van der Waals surface area contributed by atoms with Crippen molar-refractivity contribution in [2.45, 2.75) is 44.0 Å². The molecule has 1 aliphatic heterocycles. The Bertz CT molecular complexity index is 926. The van der Waals surface area contributed by atoms with Crippen LogP contribution >= 0.6 is 0 Å². The van der Waals surface area contributed by atoms with Crippen LogP contribution in [0.15, 0.2) is 53.4 Å². The van der Waals surface area contributed by atoms with Crippen LogP contribution in [0.25, 0.3) is 0 Å². The van der Waals surface area contributed by atoms with Crippen molar-refractivity contribution >= 4 is 21.6 Å². The van der Waals surface area contributed by atoms with Gasteiger partial charge in [-0.1, -0.05) is 31.5 Å². The lowest BCUT2D eigenvalue weighted by atomic mass is 10.1. The molecule has 1 unspecified atom stereocenters. The molecule has 0 saturated heterocycles. The van der Waals surface area contributed by atoms with Crippen LogP contribution < -0.4 is 14.4 Å². The fourth-order valence-corrected chi connectivity index (χ4v) is 4.42. The summed E-state index contributed by atoms with van der Waals surface area (Å²) in [6.45, 7) is 4.34. The number of hydrogen-bond donors (Lipinski definition) is 1. The first-order valence-electron chi connectivity index (χ1n) is 9.55. The number of benzene rings is 2. The summed E-state index contributed by atoms with van der Waals surface area (Å²) in [5, 5.41) is 0. The van der Waals surface area contributed by atoms with Crippen LogP contribution in [0.1, 0.15) is 32.3 Å². The number of para-hydroxylation sites is 1. The zero-order chi connectivity index (χ0) is 20.1. The van der Waals surface area contributed by atoms with Crippen molar-refractivity contribution in [3.05, 3.63) is 54.1 Å². The normalized spacial score (nSPS) is 16.1. The predicted octanol–water partition coefficient (Wildman–Crippen LogP) is 3.12. The molecule has 1 N–H and O–H groups in total. The highest BCUT2D eigenvalue weighted by molar-refractivity contribution is 7.89. The summed E-state index contributed by atoms with van der Waals surface area (Å²) >= 11 is 0. The monoisotopic (exact) mass is 402 g/mol. The topological polar surface area (TPSA) is 75.7 Å². The minimum absolute atomic E-state index is 0.0928. The third-order valence-electron chi connectivity index (χ3n) is 4.79. The number of carbonyl (C=O) groups is 1. The molecule has 0 saturated carbocycles. The van der Waals surface area contributed by atoms with Gasteiger partial charge in [-0.15, -0.1) is 0 Å². The standard InChI is InChI=1S/C21H26N2O4S/c1-3-4-13-22-28(25,26)19-11-9-18(10-12-19)27-15-21(24)23-16(2)14-17-7-5-6-8-20(17)23/h5-12,16,22H,3-4,13-15H2,1-2H3. The minimum Gasteiger partial charge on any atom is -0.484 e. The van der Waals surface area contributed by atoms with Gasteiger partial charge in [-0.3, -0.25) is 4.79 Å². The lowest BCUT2D eigenvalue weighted by molar-refractivity contribution is -0.120.